The molecule has 0 atom stereocenters. The molecule has 1 aliphatic heterocycles. The molecule has 2 aromatic rings. The highest BCUT2D eigenvalue weighted by molar-refractivity contribution is 5.90. The molecule has 2 heterocycles. The Kier molecular flexibility index (Phi) is 4.65. The van der Waals surface area contributed by atoms with Gasteiger partial charge in [-0.1, -0.05) is 0 Å². The Morgan fingerprint density at radius 1 is 1.19 bits per heavy atom. The predicted molar refractivity (Wildman–Crippen MR) is 72.6 cm³/mol. The van der Waals surface area contributed by atoms with Crippen molar-refractivity contribution in [2.75, 3.05) is 12.1 Å². The maximum Gasteiger partial charge on any atom is 0.290 e. The average molecular weight is 307 g/mol. The van der Waals surface area contributed by atoms with Gasteiger partial charge >= 0.3 is 0 Å². The van der Waals surface area contributed by atoms with Crippen LogP contribution >= 0.6 is 0 Å². The van der Waals surface area contributed by atoms with Crippen molar-refractivity contribution in [3.05, 3.63) is 48.3 Å². The smallest absolute Gasteiger partial charge is 0.290 e. The number of halogens is 1. The molecule has 0 fully saturated rings. The second kappa shape index (κ2) is 6.45. The van der Waals surface area contributed by atoms with Crippen LogP contribution in [0.25, 0.3) is 0 Å². The Hall–Kier alpha value is -2.27. The normalized spacial score (nSPS) is 11.7. The van der Waals surface area contributed by atoms with E-state index in [4.69, 9.17) is 9.47 Å². The van der Waals surface area contributed by atoms with Crippen LogP contribution < -0.4 is 31.8 Å². The number of hydrogen-bond acceptors (Lipinski definition) is 3. The monoisotopic (exact) mass is 306 g/mol. The van der Waals surface area contributed by atoms with E-state index < -0.39 is 0 Å². The summed E-state index contributed by atoms with van der Waals surface area (Å²) in [5.41, 5.74) is 1.87. The number of benzene rings is 1. The lowest BCUT2D eigenvalue weighted by Crippen LogP contribution is -3.00. The second-order valence-electron chi connectivity index (χ2n) is 4.66. The van der Waals surface area contributed by atoms with Crippen molar-refractivity contribution in [3.8, 4) is 11.5 Å². The second-order valence-corrected chi connectivity index (χ2v) is 4.66. The zero-order chi connectivity index (χ0) is 13.9. The van der Waals surface area contributed by atoms with Crippen molar-refractivity contribution in [1.29, 1.82) is 0 Å². The first-order valence-electron chi connectivity index (χ1n) is 6.36. The number of carbonyl (C=O) groups excluding carboxylic acids is 1. The summed E-state index contributed by atoms with van der Waals surface area (Å²) in [5, 5.41) is 2.84. The van der Waals surface area contributed by atoms with Crippen molar-refractivity contribution in [2.24, 2.45) is 0 Å². The van der Waals surface area contributed by atoms with Crippen LogP contribution in [0.4, 0.5) is 5.69 Å². The minimum Gasteiger partial charge on any atom is -1.00 e. The quantitative estimate of drug-likeness (QED) is 0.714. The van der Waals surface area contributed by atoms with E-state index in [0.29, 0.717) is 17.2 Å². The number of anilines is 1. The molecule has 0 aliphatic carbocycles. The van der Waals surface area contributed by atoms with E-state index in [1.807, 2.05) is 36.0 Å². The Morgan fingerprint density at radius 2 is 1.90 bits per heavy atom. The van der Waals surface area contributed by atoms with Crippen LogP contribution in [0.1, 0.15) is 5.56 Å². The lowest BCUT2D eigenvalue weighted by Gasteiger charge is -2.04. The molecule has 1 N–H and O–H groups in total. The first kappa shape index (κ1) is 15.1. The molecule has 0 saturated heterocycles. The van der Waals surface area contributed by atoms with Crippen molar-refractivity contribution >= 4 is 11.6 Å². The molecule has 1 aromatic heterocycles. The molecule has 1 aliphatic rings. The third-order valence-corrected chi connectivity index (χ3v) is 3.04. The Balaban J connectivity index is 0.00000161. The summed E-state index contributed by atoms with van der Waals surface area (Å²) in [6.45, 7) is 2.51. The van der Waals surface area contributed by atoms with Gasteiger partial charge in [-0.15, -0.1) is 0 Å². The van der Waals surface area contributed by atoms with E-state index in [1.165, 1.54) is 0 Å². The fourth-order valence-corrected chi connectivity index (χ4v) is 1.98. The number of nitrogens with zero attached hydrogens (tertiary/aromatic N) is 1. The zero-order valence-corrected chi connectivity index (χ0v) is 12.3. The Labute approximate surface area is 128 Å². The molecular formula is C15H15ClN2O3. The van der Waals surface area contributed by atoms with Crippen LogP contribution in [0.2, 0.25) is 0 Å². The zero-order valence-electron chi connectivity index (χ0n) is 11.5. The molecule has 0 saturated carbocycles. The van der Waals surface area contributed by atoms with E-state index in [9.17, 15) is 4.79 Å². The highest BCUT2D eigenvalue weighted by Gasteiger charge is 2.15. The van der Waals surface area contributed by atoms with Gasteiger partial charge in [0.2, 0.25) is 13.3 Å². The molecular weight excluding hydrogens is 292 g/mol. The standard InChI is InChI=1S/C15H14N2O3.ClH/c1-11-4-6-17(7-5-11)9-15(18)16-12-2-3-13-14(8-12)20-10-19-13;/h2-8H,9-10H2,1H3;1H. The number of fused-ring (bicyclic) bond motifs is 1. The summed E-state index contributed by atoms with van der Waals surface area (Å²) in [6, 6.07) is 9.28. The number of carbonyl (C=O) groups is 1. The molecule has 1 amide bonds. The number of amides is 1. The van der Waals surface area contributed by atoms with Gasteiger partial charge in [0.25, 0.3) is 5.91 Å². The average Bonchev–Trinajstić information content (AvgIpc) is 2.89. The SMILES string of the molecule is Cc1cc[n+](CC(=O)Nc2ccc3c(c2)OCO3)cc1.[Cl-]. The minimum absolute atomic E-state index is 0. The number of aromatic nitrogens is 1. The van der Waals surface area contributed by atoms with Crippen molar-refractivity contribution < 1.29 is 31.2 Å². The van der Waals surface area contributed by atoms with E-state index in [0.717, 1.165) is 5.56 Å². The summed E-state index contributed by atoms with van der Waals surface area (Å²) in [5.74, 6) is 1.28. The molecule has 3 rings (SSSR count). The number of rotatable bonds is 3. The minimum atomic E-state index is -0.0854. The van der Waals surface area contributed by atoms with Crippen LogP contribution in [0, 0.1) is 6.92 Å². The predicted octanol–water partition coefficient (Wildman–Crippen LogP) is -1.35. The summed E-state index contributed by atoms with van der Waals surface area (Å²) in [4.78, 5) is 12.0. The first-order valence-corrected chi connectivity index (χ1v) is 6.36. The third kappa shape index (κ3) is 3.64. The van der Waals surface area contributed by atoms with Gasteiger partial charge in [-0.3, -0.25) is 4.79 Å². The lowest BCUT2D eigenvalue weighted by molar-refractivity contribution is -0.684. The van der Waals surface area contributed by atoms with Gasteiger partial charge in [-0.05, 0) is 24.6 Å². The number of pyridine rings is 1. The molecule has 5 nitrogen and oxygen atoms in total. The summed E-state index contributed by atoms with van der Waals surface area (Å²) in [7, 11) is 0. The lowest BCUT2D eigenvalue weighted by atomic mass is 10.2. The fraction of sp³-hybridized carbons (Fsp3) is 0.200. The first-order chi connectivity index (χ1) is 9.70. The number of ether oxygens (including phenoxy) is 2. The summed E-state index contributed by atoms with van der Waals surface area (Å²) < 4.78 is 12.3. The highest BCUT2D eigenvalue weighted by atomic mass is 35.5. The molecule has 1 aromatic carbocycles. The molecule has 0 spiro atoms. The molecule has 0 bridgehead atoms. The van der Waals surface area contributed by atoms with Crippen molar-refractivity contribution in [1.82, 2.24) is 0 Å². The van der Waals surface area contributed by atoms with E-state index >= 15 is 0 Å². The molecule has 21 heavy (non-hydrogen) atoms. The number of hydrogen-bond donors (Lipinski definition) is 1. The molecule has 6 heteroatoms. The van der Waals surface area contributed by atoms with Crippen LogP contribution in [0.15, 0.2) is 42.7 Å². The largest absolute Gasteiger partial charge is 1.00 e. The molecule has 0 unspecified atom stereocenters. The van der Waals surface area contributed by atoms with Crippen LogP contribution in [0.3, 0.4) is 0 Å². The van der Waals surface area contributed by atoms with Gasteiger partial charge in [-0.25, -0.2) is 0 Å². The molecule has 110 valence electrons. The van der Waals surface area contributed by atoms with Gasteiger partial charge in [0, 0.05) is 23.9 Å². The fourth-order valence-electron chi connectivity index (χ4n) is 1.98. The van der Waals surface area contributed by atoms with E-state index in [-0.39, 0.29) is 31.7 Å². The van der Waals surface area contributed by atoms with Crippen LogP contribution in [-0.2, 0) is 11.3 Å². The van der Waals surface area contributed by atoms with E-state index in [1.54, 1.807) is 18.2 Å². The van der Waals surface area contributed by atoms with Crippen molar-refractivity contribution in [2.45, 2.75) is 13.5 Å². The van der Waals surface area contributed by atoms with Crippen molar-refractivity contribution in [3.63, 3.8) is 0 Å². The number of nitrogens with one attached hydrogen (secondary N) is 1. The number of aryl methyl sites for hydroxylation is 1. The molecule has 0 radical (unpaired) electrons. The van der Waals surface area contributed by atoms with Gasteiger partial charge in [-0.2, -0.15) is 4.57 Å². The highest BCUT2D eigenvalue weighted by Crippen LogP contribution is 2.34. The van der Waals surface area contributed by atoms with Crippen LogP contribution in [0.5, 0.6) is 11.5 Å². The summed E-state index contributed by atoms with van der Waals surface area (Å²) in [6.07, 6.45) is 3.77. The van der Waals surface area contributed by atoms with Crippen LogP contribution in [-0.4, -0.2) is 12.7 Å². The summed E-state index contributed by atoms with van der Waals surface area (Å²) >= 11 is 0. The maximum atomic E-state index is 12.0. The maximum absolute atomic E-state index is 12.0. The van der Waals surface area contributed by atoms with Gasteiger partial charge in [0.15, 0.2) is 23.9 Å². The van der Waals surface area contributed by atoms with E-state index in [2.05, 4.69) is 5.32 Å². The third-order valence-electron chi connectivity index (χ3n) is 3.04. The topological polar surface area (TPSA) is 51.4 Å². The Morgan fingerprint density at radius 3 is 2.67 bits per heavy atom. The van der Waals surface area contributed by atoms with Gasteiger partial charge in [0.1, 0.15) is 0 Å². The van der Waals surface area contributed by atoms with Gasteiger partial charge in [0.05, 0.1) is 0 Å². The van der Waals surface area contributed by atoms with Gasteiger partial charge < -0.3 is 27.2 Å². The Bertz CT molecular complexity index is 644.